The van der Waals surface area contributed by atoms with Gasteiger partial charge < -0.3 is 29.4 Å². The van der Waals surface area contributed by atoms with Crippen LogP contribution < -0.4 is 5.32 Å². The first-order chi connectivity index (χ1) is 16.7. The summed E-state index contributed by atoms with van der Waals surface area (Å²) in [6.45, 7) is 5.01. The number of nitrogens with zero attached hydrogens (tertiary/aromatic N) is 1. The summed E-state index contributed by atoms with van der Waals surface area (Å²) in [7, 11) is 4.00. The van der Waals surface area contributed by atoms with Crippen LogP contribution in [0.1, 0.15) is 32.3 Å². The summed E-state index contributed by atoms with van der Waals surface area (Å²) < 4.78 is 19.8. The van der Waals surface area contributed by atoms with Crippen LogP contribution >= 0.6 is 0 Å². The topological polar surface area (TPSA) is 133 Å². The quantitative estimate of drug-likeness (QED) is 0.135. The lowest BCUT2D eigenvalue weighted by molar-refractivity contribution is -0.140. The predicted octanol–water partition coefficient (Wildman–Crippen LogP) is 2.99. The standard InChI is InChI=1S/C25H30N2O8/c1-14-20(24(30)33-5)22(21(15(2)27-14)25(31)34-6)17-8-7-9-18(12-17)26-13-19(16(3)28)23(29)35-11-10-32-4/h7-9,12-13,22,27-28H,10-11H2,1-6H3/b19-16-,26-13?. The number of carbonyl (C=O) groups is 3. The Labute approximate surface area is 203 Å². The zero-order valence-corrected chi connectivity index (χ0v) is 20.6. The van der Waals surface area contributed by atoms with Crippen molar-refractivity contribution in [3.05, 3.63) is 63.7 Å². The van der Waals surface area contributed by atoms with Crippen LogP contribution in [0.3, 0.4) is 0 Å². The average Bonchev–Trinajstić information content (AvgIpc) is 2.83. The van der Waals surface area contributed by atoms with Crippen molar-refractivity contribution < 1.29 is 38.4 Å². The minimum absolute atomic E-state index is 0.0230. The molecule has 0 bridgehead atoms. The predicted molar refractivity (Wildman–Crippen MR) is 128 cm³/mol. The Kier molecular flexibility index (Phi) is 9.77. The summed E-state index contributed by atoms with van der Waals surface area (Å²) in [5.41, 5.74) is 2.47. The summed E-state index contributed by atoms with van der Waals surface area (Å²) >= 11 is 0. The van der Waals surface area contributed by atoms with E-state index in [2.05, 4.69) is 10.3 Å². The third-order valence-electron chi connectivity index (χ3n) is 5.25. The zero-order chi connectivity index (χ0) is 26.1. The van der Waals surface area contributed by atoms with E-state index < -0.39 is 23.8 Å². The summed E-state index contributed by atoms with van der Waals surface area (Å²) in [5, 5.41) is 13.0. The molecule has 0 radical (unpaired) electrons. The number of hydrogen-bond acceptors (Lipinski definition) is 10. The number of esters is 3. The van der Waals surface area contributed by atoms with Gasteiger partial charge in [-0.2, -0.15) is 0 Å². The van der Waals surface area contributed by atoms with Crippen LogP contribution in [-0.2, 0) is 33.3 Å². The van der Waals surface area contributed by atoms with Gasteiger partial charge in [0.05, 0.1) is 43.6 Å². The highest BCUT2D eigenvalue weighted by Crippen LogP contribution is 2.40. The number of rotatable bonds is 9. The van der Waals surface area contributed by atoms with Crippen molar-refractivity contribution in [2.75, 3.05) is 34.5 Å². The molecule has 2 N–H and O–H groups in total. The van der Waals surface area contributed by atoms with Crippen molar-refractivity contribution in [3.8, 4) is 0 Å². The minimum atomic E-state index is -0.778. The second-order valence-electron chi connectivity index (χ2n) is 7.60. The molecule has 1 heterocycles. The van der Waals surface area contributed by atoms with Gasteiger partial charge in [-0.15, -0.1) is 0 Å². The molecule has 0 fully saturated rings. The van der Waals surface area contributed by atoms with E-state index in [9.17, 15) is 19.5 Å². The van der Waals surface area contributed by atoms with Gasteiger partial charge in [-0.05, 0) is 38.5 Å². The molecular weight excluding hydrogens is 456 g/mol. The number of dihydropyridines is 1. The summed E-state index contributed by atoms with van der Waals surface area (Å²) in [5.74, 6) is -2.98. The van der Waals surface area contributed by atoms with Crippen LogP contribution in [-0.4, -0.2) is 63.8 Å². The van der Waals surface area contributed by atoms with E-state index in [0.29, 0.717) is 22.6 Å². The van der Waals surface area contributed by atoms with Crippen LogP contribution in [0.4, 0.5) is 5.69 Å². The lowest BCUT2D eigenvalue weighted by Crippen LogP contribution is -2.32. The van der Waals surface area contributed by atoms with Crippen LogP contribution in [0.2, 0.25) is 0 Å². The minimum Gasteiger partial charge on any atom is -0.512 e. The molecular formula is C25H30N2O8. The Morgan fingerprint density at radius 1 is 1.03 bits per heavy atom. The van der Waals surface area contributed by atoms with Crippen molar-refractivity contribution in [3.63, 3.8) is 0 Å². The Morgan fingerprint density at radius 3 is 2.14 bits per heavy atom. The fourth-order valence-corrected chi connectivity index (χ4v) is 3.60. The number of carbonyl (C=O) groups excluding carboxylic acids is 3. The summed E-state index contributed by atoms with van der Waals surface area (Å²) in [4.78, 5) is 41.9. The highest BCUT2D eigenvalue weighted by molar-refractivity contribution is 6.10. The van der Waals surface area contributed by atoms with E-state index in [0.717, 1.165) is 0 Å². The van der Waals surface area contributed by atoms with E-state index in [-0.39, 0.29) is 35.7 Å². The molecule has 1 aliphatic heterocycles. The highest BCUT2D eigenvalue weighted by atomic mass is 16.6. The Balaban J connectivity index is 2.51. The van der Waals surface area contributed by atoms with Crippen molar-refractivity contribution in [1.82, 2.24) is 5.32 Å². The van der Waals surface area contributed by atoms with Gasteiger partial charge >= 0.3 is 17.9 Å². The monoisotopic (exact) mass is 486 g/mol. The fraction of sp³-hybridized carbons (Fsp3) is 0.360. The average molecular weight is 487 g/mol. The molecule has 0 amide bonds. The molecule has 0 spiro atoms. The molecule has 0 aliphatic carbocycles. The van der Waals surface area contributed by atoms with Crippen LogP contribution in [0.25, 0.3) is 0 Å². The first-order valence-electron chi connectivity index (χ1n) is 10.7. The maximum absolute atomic E-state index is 12.7. The largest absolute Gasteiger partial charge is 0.512 e. The molecule has 1 aliphatic rings. The molecule has 1 aromatic carbocycles. The number of methoxy groups -OCH3 is 3. The Hall–Kier alpha value is -3.92. The summed E-state index contributed by atoms with van der Waals surface area (Å²) in [6.07, 6.45) is 1.19. The van der Waals surface area contributed by atoms with Gasteiger partial charge in [-0.25, -0.2) is 14.4 Å². The van der Waals surface area contributed by atoms with Gasteiger partial charge in [-0.1, -0.05) is 12.1 Å². The van der Waals surface area contributed by atoms with E-state index in [1.165, 1.54) is 34.5 Å². The number of hydrogen-bond donors (Lipinski definition) is 2. The Bertz CT molecular complexity index is 1070. The highest BCUT2D eigenvalue weighted by Gasteiger charge is 2.37. The first-order valence-corrected chi connectivity index (χ1v) is 10.7. The molecule has 0 atom stereocenters. The van der Waals surface area contributed by atoms with Gasteiger partial charge in [0.15, 0.2) is 0 Å². The maximum Gasteiger partial charge on any atom is 0.343 e. The second kappa shape index (κ2) is 12.5. The number of benzene rings is 1. The molecule has 188 valence electrons. The maximum atomic E-state index is 12.7. The molecule has 0 aromatic heterocycles. The number of aliphatic imine (C=N–C) groups is 1. The smallest absolute Gasteiger partial charge is 0.343 e. The number of aliphatic hydroxyl groups excluding tert-OH is 1. The van der Waals surface area contributed by atoms with Gasteiger partial charge in [0.2, 0.25) is 0 Å². The molecule has 35 heavy (non-hydrogen) atoms. The number of ether oxygens (including phenoxy) is 4. The molecule has 1 aromatic rings. The van der Waals surface area contributed by atoms with E-state index in [4.69, 9.17) is 18.9 Å². The van der Waals surface area contributed by atoms with Crippen molar-refractivity contribution in [1.29, 1.82) is 0 Å². The SMILES string of the molecule is COCCOC(=O)/C(C=Nc1cccc(C2C(C(=O)OC)=C(C)NC(C)=C2C(=O)OC)c1)=C(/C)O. The van der Waals surface area contributed by atoms with Crippen LogP contribution in [0.5, 0.6) is 0 Å². The normalized spacial score (nSPS) is 15.0. The number of allylic oxidation sites excluding steroid dienone is 3. The van der Waals surface area contributed by atoms with E-state index in [1.807, 2.05) is 0 Å². The number of aliphatic hydroxyl groups is 1. The van der Waals surface area contributed by atoms with Gasteiger partial charge in [-0.3, -0.25) is 4.99 Å². The fourth-order valence-electron chi connectivity index (χ4n) is 3.60. The van der Waals surface area contributed by atoms with E-state index >= 15 is 0 Å². The van der Waals surface area contributed by atoms with Gasteiger partial charge in [0.25, 0.3) is 0 Å². The van der Waals surface area contributed by atoms with Gasteiger partial charge in [0.1, 0.15) is 17.9 Å². The lowest BCUT2D eigenvalue weighted by atomic mass is 9.80. The molecule has 0 saturated carbocycles. The third-order valence-corrected chi connectivity index (χ3v) is 5.25. The Morgan fingerprint density at radius 2 is 1.63 bits per heavy atom. The third kappa shape index (κ3) is 6.57. The van der Waals surface area contributed by atoms with Gasteiger partial charge in [0, 0.05) is 24.7 Å². The first kappa shape index (κ1) is 27.3. The second-order valence-corrected chi connectivity index (χ2v) is 7.60. The summed E-state index contributed by atoms with van der Waals surface area (Å²) in [6, 6.07) is 6.78. The number of nitrogens with one attached hydrogen (secondary N) is 1. The van der Waals surface area contributed by atoms with Crippen LogP contribution in [0.15, 0.2) is 63.1 Å². The van der Waals surface area contributed by atoms with Crippen molar-refractivity contribution in [2.24, 2.45) is 4.99 Å². The zero-order valence-electron chi connectivity index (χ0n) is 20.6. The molecule has 10 heteroatoms. The molecule has 0 unspecified atom stereocenters. The van der Waals surface area contributed by atoms with Crippen molar-refractivity contribution in [2.45, 2.75) is 26.7 Å². The molecule has 0 saturated heterocycles. The van der Waals surface area contributed by atoms with Crippen molar-refractivity contribution >= 4 is 29.8 Å². The lowest BCUT2D eigenvalue weighted by Gasteiger charge is -2.30. The van der Waals surface area contributed by atoms with Crippen LogP contribution in [0, 0.1) is 0 Å². The molecule has 10 nitrogen and oxygen atoms in total. The van der Waals surface area contributed by atoms with E-state index in [1.54, 1.807) is 38.1 Å². The molecule has 2 rings (SSSR count).